The Morgan fingerprint density at radius 1 is 0.636 bits per heavy atom. The van der Waals surface area contributed by atoms with Gasteiger partial charge in [-0.25, -0.2) is 0 Å². The van der Waals surface area contributed by atoms with Crippen LogP contribution in [0, 0.1) is 0 Å². The van der Waals surface area contributed by atoms with Crippen molar-refractivity contribution < 1.29 is 0 Å². The number of benzene rings is 3. The molecule has 0 radical (unpaired) electrons. The monoisotopic (exact) mass is 503 g/mol. The van der Waals surface area contributed by atoms with Crippen molar-refractivity contribution in [1.82, 2.24) is 0 Å². The number of anilines is 2. The van der Waals surface area contributed by atoms with E-state index in [9.17, 15) is 0 Å². The van der Waals surface area contributed by atoms with E-state index in [-0.39, 0.29) is 5.41 Å². The third kappa shape index (κ3) is 5.38. The molecule has 0 atom stereocenters. The molecule has 4 rings (SSSR count). The average molecular weight is 505 g/mol. The van der Waals surface area contributed by atoms with E-state index in [2.05, 4.69) is 102 Å². The van der Waals surface area contributed by atoms with Gasteiger partial charge in [0.2, 0.25) is 0 Å². The third-order valence-corrected chi connectivity index (χ3v) is 7.84. The van der Waals surface area contributed by atoms with Crippen LogP contribution in [0.3, 0.4) is 0 Å². The molecule has 1 nitrogen and oxygen atoms in total. The molecular formula is C31H38BrN. The zero-order valence-electron chi connectivity index (χ0n) is 20.3. The fourth-order valence-corrected chi connectivity index (χ4v) is 5.87. The summed E-state index contributed by atoms with van der Waals surface area (Å²) in [5, 5.41) is 3.66. The Morgan fingerprint density at radius 3 is 1.91 bits per heavy atom. The van der Waals surface area contributed by atoms with E-state index in [1.165, 1.54) is 81.0 Å². The molecule has 0 heterocycles. The topological polar surface area (TPSA) is 12.0 Å². The van der Waals surface area contributed by atoms with Crippen molar-refractivity contribution in [2.45, 2.75) is 83.5 Å². The van der Waals surface area contributed by atoms with Gasteiger partial charge in [0.05, 0.1) is 0 Å². The van der Waals surface area contributed by atoms with Gasteiger partial charge in [-0.05, 0) is 71.5 Å². The van der Waals surface area contributed by atoms with Gasteiger partial charge in [-0.1, -0.05) is 111 Å². The highest BCUT2D eigenvalue weighted by Crippen LogP contribution is 2.54. The summed E-state index contributed by atoms with van der Waals surface area (Å²) >= 11 is 3.55. The first kappa shape index (κ1) is 24.1. The van der Waals surface area contributed by atoms with Crippen molar-refractivity contribution in [3.05, 3.63) is 82.3 Å². The van der Waals surface area contributed by atoms with Crippen LogP contribution in [0.5, 0.6) is 0 Å². The Hall–Kier alpha value is -2.06. The van der Waals surface area contributed by atoms with E-state index in [0.29, 0.717) is 0 Å². The summed E-state index contributed by atoms with van der Waals surface area (Å²) in [5.41, 5.74) is 8.46. The van der Waals surface area contributed by atoms with Crippen molar-refractivity contribution >= 4 is 27.3 Å². The van der Waals surface area contributed by atoms with Gasteiger partial charge in [-0.2, -0.15) is 0 Å². The van der Waals surface area contributed by atoms with Crippen LogP contribution in [0.15, 0.2) is 71.2 Å². The first-order chi connectivity index (χ1) is 16.2. The van der Waals surface area contributed by atoms with E-state index in [4.69, 9.17) is 0 Å². The minimum absolute atomic E-state index is 0.144. The number of hydrogen-bond acceptors (Lipinski definition) is 1. The van der Waals surface area contributed by atoms with Gasteiger partial charge < -0.3 is 5.32 Å². The van der Waals surface area contributed by atoms with Crippen molar-refractivity contribution in [1.29, 1.82) is 0 Å². The molecule has 3 aromatic carbocycles. The lowest BCUT2D eigenvalue weighted by atomic mass is 9.70. The lowest BCUT2D eigenvalue weighted by Gasteiger charge is -2.33. The SMILES string of the molecule is CCCCCCC1(CCCCCC)c2ccccc2-c2ccc(Nc3ccc(Br)cc3)cc21. The smallest absolute Gasteiger partial charge is 0.0387 e. The van der Waals surface area contributed by atoms with Crippen LogP contribution in [-0.2, 0) is 5.41 Å². The number of rotatable bonds is 12. The molecule has 0 spiro atoms. The second-order valence-corrected chi connectivity index (χ2v) is 10.6. The summed E-state index contributed by atoms with van der Waals surface area (Å²) in [4.78, 5) is 0. The molecule has 0 bridgehead atoms. The molecule has 0 aromatic heterocycles. The standard InChI is InChI=1S/C31H38BrN/c1-3-5-7-11-21-31(22-12-8-6-4-2)29-14-10-9-13-27(29)28-20-19-26(23-30(28)31)33-25-17-15-24(32)16-18-25/h9-10,13-20,23,33H,3-8,11-12,21-22H2,1-2H3. The quantitative estimate of drug-likeness (QED) is 0.242. The molecule has 0 aliphatic heterocycles. The van der Waals surface area contributed by atoms with Gasteiger partial charge in [0.1, 0.15) is 0 Å². The van der Waals surface area contributed by atoms with E-state index >= 15 is 0 Å². The highest BCUT2D eigenvalue weighted by atomic mass is 79.9. The molecule has 0 saturated heterocycles. The molecule has 1 aliphatic rings. The summed E-state index contributed by atoms with van der Waals surface area (Å²) in [7, 11) is 0. The second-order valence-electron chi connectivity index (χ2n) is 9.64. The molecule has 0 fully saturated rings. The van der Waals surface area contributed by atoms with Crippen LogP contribution in [-0.4, -0.2) is 0 Å². The first-order valence-corrected chi connectivity index (χ1v) is 13.7. The van der Waals surface area contributed by atoms with Crippen LogP contribution in [0.2, 0.25) is 0 Å². The van der Waals surface area contributed by atoms with E-state index < -0.39 is 0 Å². The molecule has 174 valence electrons. The zero-order chi connectivity index (χ0) is 23.1. The maximum atomic E-state index is 3.66. The summed E-state index contributed by atoms with van der Waals surface area (Å²) in [6, 6.07) is 24.7. The van der Waals surface area contributed by atoms with Crippen molar-refractivity contribution in [2.75, 3.05) is 5.32 Å². The van der Waals surface area contributed by atoms with Gasteiger partial charge in [0, 0.05) is 21.3 Å². The zero-order valence-corrected chi connectivity index (χ0v) is 21.9. The number of hydrogen-bond donors (Lipinski definition) is 1. The van der Waals surface area contributed by atoms with Crippen LogP contribution in [0.4, 0.5) is 11.4 Å². The van der Waals surface area contributed by atoms with E-state index in [0.717, 1.165) is 10.2 Å². The lowest BCUT2D eigenvalue weighted by molar-refractivity contribution is 0.401. The average Bonchev–Trinajstić information content (AvgIpc) is 3.11. The van der Waals surface area contributed by atoms with Gasteiger partial charge in [0.25, 0.3) is 0 Å². The predicted octanol–water partition coefficient (Wildman–Crippen LogP) is 10.4. The number of halogens is 1. The van der Waals surface area contributed by atoms with Crippen LogP contribution < -0.4 is 5.32 Å². The van der Waals surface area contributed by atoms with Gasteiger partial charge in [-0.15, -0.1) is 0 Å². The second kappa shape index (κ2) is 11.4. The number of nitrogens with one attached hydrogen (secondary N) is 1. The molecule has 0 amide bonds. The molecule has 1 N–H and O–H groups in total. The summed E-state index contributed by atoms with van der Waals surface area (Å²) in [6.45, 7) is 4.61. The first-order valence-electron chi connectivity index (χ1n) is 12.9. The highest BCUT2D eigenvalue weighted by Gasteiger charge is 2.42. The number of unbranched alkanes of at least 4 members (excludes halogenated alkanes) is 6. The molecule has 0 saturated carbocycles. The Kier molecular flexibility index (Phi) is 8.30. The van der Waals surface area contributed by atoms with Crippen LogP contribution in [0.25, 0.3) is 11.1 Å². The maximum absolute atomic E-state index is 3.66. The fraction of sp³-hybridized carbons (Fsp3) is 0.419. The lowest BCUT2D eigenvalue weighted by Crippen LogP contribution is -2.25. The van der Waals surface area contributed by atoms with Gasteiger partial charge in [0.15, 0.2) is 0 Å². The Balaban J connectivity index is 1.71. The largest absolute Gasteiger partial charge is 0.356 e. The molecule has 0 unspecified atom stereocenters. The molecule has 2 heteroatoms. The molecular weight excluding hydrogens is 466 g/mol. The van der Waals surface area contributed by atoms with Crippen LogP contribution >= 0.6 is 15.9 Å². The molecule has 1 aliphatic carbocycles. The third-order valence-electron chi connectivity index (χ3n) is 7.32. The number of fused-ring (bicyclic) bond motifs is 3. The maximum Gasteiger partial charge on any atom is 0.0387 e. The fourth-order valence-electron chi connectivity index (χ4n) is 5.60. The summed E-state index contributed by atoms with van der Waals surface area (Å²) in [6.07, 6.45) is 13.0. The van der Waals surface area contributed by atoms with Crippen molar-refractivity contribution in [3.8, 4) is 11.1 Å². The van der Waals surface area contributed by atoms with Gasteiger partial charge in [-0.3, -0.25) is 0 Å². The Morgan fingerprint density at radius 2 is 1.24 bits per heavy atom. The Labute approximate surface area is 209 Å². The van der Waals surface area contributed by atoms with E-state index in [1.807, 2.05) is 0 Å². The Bertz CT molecular complexity index is 1030. The predicted molar refractivity (Wildman–Crippen MR) is 148 cm³/mol. The highest BCUT2D eigenvalue weighted by molar-refractivity contribution is 9.10. The van der Waals surface area contributed by atoms with E-state index in [1.54, 1.807) is 11.1 Å². The minimum atomic E-state index is 0.144. The molecule has 3 aromatic rings. The van der Waals surface area contributed by atoms with Gasteiger partial charge >= 0.3 is 0 Å². The summed E-state index contributed by atoms with van der Waals surface area (Å²) in [5.74, 6) is 0. The van der Waals surface area contributed by atoms with Crippen molar-refractivity contribution in [3.63, 3.8) is 0 Å². The summed E-state index contributed by atoms with van der Waals surface area (Å²) < 4.78 is 1.11. The minimum Gasteiger partial charge on any atom is -0.356 e. The van der Waals surface area contributed by atoms with Crippen molar-refractivity contribution in [2.24, 2.45) is 0 Å². The van der Waals surface area contributed by atoms with Crippen LogP contribution in [0.1, 0.15) is 89.2 Å². The normalized spacial score (nSPS) is 13.5. The molecule has 33 heavy (non-hydrogen) atoms.